The minimum atomic E-state index is -5.08. The van der Waals surface area contributed by atoms with Crippen LogP contribution in [0, 0.1) is 5.92 Å². The molecule has 3 atom stereocenters. The number of carboxylic acid groups (broad SMARTS) is 2. The predicted molar refractivity (Wildman–Crippen MR) is 114 cm³/mol. The molecule has 3 saturated heterocycles. The lowest BCUT2D eigenvalue weighted by Gasteiger charge is -2.41. The SMILES string of the molecule is O=C(O)C(F)(F)F.O=C(O)C(F)(F)F.O=C([C@@H]1C[C@H]2OCC[C@H]2N(Cc2ccncc2)C1)N1CCCC1. The van der Waals surface area contributed by atoms with Crippen molar-refractivity contribution >= 4 is 17.8 Å². The number of hydrogen-bond acceptors (Lipinski definition) is 6. The fourth-order valence-corrected chi connectivity index (χ4v) is 4.33. The van der Waals surface area contributed by atoms with E-state index in [1.165, 1.54) is 5.56 Å². The summed E-state index contributed by atoms with van der Waals surface area (Å²) in [5.41, 5.74) is 1.26. The van der Waals surface area contributed by atoms with E-state index in [-0.39, 0.29) is 12.0 Å². The number of amides is 1. The van der Waals surface area contributed by atoms with Crippen LogP contribution in [-0.2, 0) is 25.7 Å². The number of rotatable bonds is 3. The molecule has 2 N–H and O–H groups in total. The second-order valence-corrected chi connectivity index (χ2v) is 8.62. The Hall–Kier alpha value is -2.94. The van der Waals surface area contributed by atoms with Crippen molar-refractivity contribution in [1.29, 1.82) is 0 Å². The number of pyridine rings is 1. The fraction of sp³-hybridized carbons (Fsp3) is 0.636. The summed E-state index contributed by atoms with van der Waals surface area (Å²) in [4.78, 5) is 39.2. The van der Waals surface area contributed by atoms with Gasteiger partial charge in [0.15, 0.2) is 0 Å². The van der Waals surface area contributed by atoms with Crippen LogP contribution in [0.2, 0.25) is 0 Å². The van der Waals surface area contributed by atoms with Crippen molar-refractivity contribution in [3.63, 3.8) is 0 Å². The molecule has 15 heteroatoms. The van der Waals surface area contributed by atoms with Crippen molar-refractivity contribution in [2.45, 2.75) is 56.7 Å². The third kappa shape index (κ3) is 9.46. The first-order chi connectivity index (χ1) is 17.2. The number of carbonyl (C=O) groups excluding carboxylic acids is 1. The summed E-state index contributed by atoms with van der Waals surface area (Å²) in [7, 11) is 0. The van der Waals surface area contributed by atoms with Crippen LogP contribution in [0.4, 0.5) is 26.3 Å². The molecule has 37 heavy (non-hydrogen) atoms. The van der Waals surface area contributed by atoms with Gasteiger partial charge in [-0.1, -0.05) is 0 Å². The van der Waals surface area contributed by atoms with Crippen LogP contribution >= 0.6 is 0 Å². The second-order valence-electron chi connectivity index (χ2n) is 8.62. The first-order valence-corrected chi connectivity index (χ1v) is 11.3. The lowest BCUT2D eigenvalue weighted by atomic mass is 9.88. The van der Waals surface area contributed by atoms with Crippen LogP contribution in [0.25, 0.3) is 0 Å². The first-order valence-electron chi connectivity index (χ1n) is 11.3. The highest BCUT2D eigenvalue weighted by Crippen LogP contribution is 2.33. The van der Waals surface area contributed by atoms with E-state index >= 15 is 0 Å². The number of fused-ring (bicyclic) bond motifs is 1. The largest absolute Gasteiger partial charge is 0.490 e. The zero-order chi connectivity index (χ0) is 27.8. The van der Waals surface area contributed by atoms with Crippen LogP contribution in [0.1, 0.15) is 31.2 Å². The van der Waals surface area contributed by atoms with Gasteiger partial charge in [-0.2, -0.15) is 26.3 Å². The molecule has 208 valence electrons. The zero-order valence-electron chi connectivity index (χ0n) is 19.5. The highest BCUT2D eigenvalue weighted by Gasteiger charge is 2.43. The summed E-state index contributed by atoms with van der Waals surface area (Å²) in [6.07, 6.45) is -1.97. The quantitative estimate of drug-likeness (QED) is 0.559. The maximum atomic E-state index is 12.8. The Morgan fingerprint density at radius 1 is 0.973 bits per heavy atom. The van der Waals surface area contributed by atoms with E-state index in [0.717, 1.165) is 58.5 Å². The molecular formula is C22H27F6N3O6. The Kier molecular flexibility index (Phi) is 10.7. The van der Waals surface area contributed by atoms with Gasteiger partial charge >= 0.3 is 24.3 Å². The van der Waals surface area contributed by atoms with Crippen molar-refractivity contribution in [3.8, 4) is 0 Å². The molecule has 0 unspecified atom stereocenters. The van der Waals surface area contributed by atoms with Gasteiger partial charge in [0, 0.05) is 51.2 Å². The normalized spacial score (nSPS) is 23.7. The fourth-order valence-electron chi connectivity index (χ4n) is 4.33. The highest BCUT2D eigenvalue weighted by molar-refractivity contribution is 5.79. The van der Waals surface area contributed by atoms with Gasteiger partial charge in [0.2, 0.25) is 5.91 Å². The lowest BCUT2D eigenvalue weighted by Crippen LogP contribution is -2.52. The molecule has 4 heterocycles. The third-order valence-electron chi connectivity index (χ3n) is 6.00. The van der Waals surface area contributed by atoms with Crippen LogP contribution < -0.4 is 0 Å². The number of aromatic nitrogens is 1. The van der Waals surface area contributed by atoms with Crippen LogP contribution in [0.15, 0.2) is 24.5 Å². The van der Waals surface area contributed by atoms with Gasteiger partial charge < -0.3 is 19.8 Å². The number of hydrogen-bond donors (Lipinski definition) is 2. The Morgan fingerprint density at radius 3 is 1.97 bits per heavy atom. The van der Waals surface area contributed by atoms with Gasteiger partial charge in [-0.25, -0.2) is 9.59 Å². The zero-order valence-corrected chi connectivity index (χ0v) is 19.5. The molecule has 1 aromatic heterocycles. The van der Waals surface area contributed by atoms with Crippen molar-refractivity contribution in [3.05, 3.63) is 30.1 Å². The number of aliphatic carboxylic acids is 2. The van der Waals surface area contributed by atoms with E-state index in [9.17, 15) is 31.1 Å². The van der Waals surface area contributed by atoms with E-state index < -0.39 is 24.3 Å². The number of nitrogens with zero attached hydrogens (tertiary/aromatic N) is 3. The Balaban J connectivity index is 0.000000286. The molecule has 1 amide bonds. The van der Waals surface area contributed by atoms with E-state index in [1.807, 2.05) is 12.4 Å². The van der Waals surface area contributed by atoms with E-state index in [2.05, 4.69) is 26.9 Å². The van der Waals surface area contributed by atoms with Crippen molar-refractivity contribution in [2.75, 3.05) is 26.2 Å². The molecular weight excluding hydrogens is 516 g/mol. The predicted octanol–water partition coefficient (Wildman–Crippen LogP) is 2.95. The van der Waals surface area contributed by atoms with Crippen molar-refractivity contribution < 1.29 is 55.7 Å². The molecule has 4 rings (SSSR count). The van der Waals surface area contributed by atoms with Gasteiger partial charge in [0.05, 0.1) is 12.0 Å². The number of likely N-dealkylation sites (tertiary alicyclic amines) is 2. The van der Waals surface area contributed by atoms with Gasteiger partial charge in [-0.3, -0.25) is 14.7 Å². The number of piperidine rings is 1. The molecule has 1 aromatic rings. The van der Waals surface area contributed by atoms with E-state index in [4.69, 9.17) is 24.5 Å². The maximum absolute atomic E-state index is 12.8. The molecule has 0 spiro atoms. The lowest BCUT2D eigenvalue weighted by molar-refractivity contribution is -0.193. The van der Waals surface area contributed by atoms with Crippen LogP contribution in [0.5, 0.6) is 0 Å². The van der Waals surface area contributed by atoms with Crippen LogP contribution in [-0.4, -0.2) is 93.6 Å². The number of carbonyl (C=O) groups is 3. The van der Waals surface area contributed by atoms with E-state index in [0.29, 0.717) is 11.9 Å². The summed E-state index contributed by atoms with van der Waals surface area (Å²) >= 11 is 0. The number of alkyl halides is 6. The Bertz CT molecular complexity index is 884. The smallest absolute Gasteiger partial charge is 0.475 e. The molecule has 9 nitrogen and oxygen atoms in total. The summed E-state index contributed by atoms with van der Waals surface area (Å²) in [5.74, 6) is -5.08. The molecule has 0 bridgehead atoms. The molecule has 0 aromatic carbocycles. The summed E-state index contributed by atoms with van der Waals surface area (Å²) in [6.45, 7) is 4.45. The third-order valence-corrected chi connectivity index (χ3v) is 6.00. The number of carboxylic acids is 2. The number of halogens is 6. The molecule has 0 radical (unpaired) electrons. The van der Waals surface area contributed by atoms with Gasteiger partial charge in [0.1, 0.15) is 0 Å². The molecule has 0 saturated carbocycles. The monoisotopic (exact) mass is 543 g/mol. The summed E-state index contributed by atoms with van der Waals surface area (Å²) in [5, 5.41) is 14.2. The Labute approximate surface area is 208 Å². The minimum absolute atomic E-state index is 0.0919. The maximum Gasteiger partial charge on any atom is 0.490 e. The summed E-state index contributed by atoms with van der Waals surface area (Å²) < 4.78 is 69.4. The molecule has 3 fully saturated rings. The first kappa shape index (κ1) is 30.3. The van der Waals surface area contributed by atoms with Crippen molar-refractivity contribution in [2.24, 2.45) is 5.92 Å². The van der Waals surface area contributed by atoms with Crippen molar-refractivity contribution in [1.82, 2.24) is 14.8 Å². The van der Waals surface area contributed by atoms with E-state index in [1.54, 1.807) is 0 Å². The Morgan fingerprint density at radius 2 is 1.49 bits per heavy atom. The highest BCUT2D eigenvalue weighted by atomic mass is 19.4. The standard InChI is InChI=1S/C18H25N3O2.2C2HF3O2/c22-18(20-8-1-2-9-20)15-11-17-16(5-10-23-17)21(13-15)12-14-3-6-19-7-4-14;2*3-2(4,5)1(6)7/h3-4,6-7,15-17H,1-2,5,8-13H2;2*(H,6,7)/t15-,16-,17-;;/m1../s1. The topological polar surface area (TPSA) is 120 Å². The summed E-state index contributed by atoms with van der Waals surface area (Å²) in [6, 6.07) is 4.60. The molecule has 0 aliphatic carbocycles. The van der Waals surface area contributed by atoms with Gasteiger partial charge in [-0.15, -0.1) is 0 Å². The minimum Gasteiger partial charge on any atom is -0.475 e. The molecule has 3 aliphatic rings. The van der Waals surface area contributed by atoms with Gasteiger partial charge in [0.25, 0.3) is 0 Å². The van der Waals surface area contributed by atoms with Gasteiger partial charge in [-0.05, 0) is 43.4 Å². The van der Waals surface area contributed by atoms with Crippen LogP contribution in [0.3, 0.4) is 0 Å². The second kappa shape index (κ2) is 13.0. The average Bonchev–Trinajstić information content (AvgIpc) is 3.51. The number of ether oxygens (including phenoxy) is 1. The molecule has 3 aliphatic heterocycles. The average molecular weight is 543 g/mol.